The van der Waals surface area contributed by atoms with Crippen molar-refractivity contribution in [3.8, 4) is 0 Å². The summed E-state index contributed by atoms with van der Waals surface area (Å²) in [6.45, 7) is 5.07. The molecule has 1 N–H and O–H groups in total. The molecule has 20 heavy (non-hydrogen) atoms. The third kappa shape index (κ3) is 3.38. The van der Waals surface area contributed by atoms with Gasteiger partial charge in [0.15, 0.2) is 0 Å². The van der Waals surface area contributed by atoms with Crippen LogP contribution in [0.5, 0.6) is 0 Å². The van der Waals surface area contributed by atoms with E-state index in [1.807, 2.05) is 18.2 Å². The highest BCUT2D eigenvalue weighted by molar-refractivity contribution is 14.1. The van der Waals surface area contributed by atoms with E-state index in [1.165, 1.54) is 15.2 Å². The molecule has 0 aromatic heterocycles. The monoisotopic (exact) mass is 383 g/mol. The van der Waals surface area contributed by atoms with Crippen LogP contribution in [-0.4, -0.2) is 6.54 Å². The molecule has 1 unspecified atom stereocenters. The highest BCUT2D eigenvalue weighted by atomic mass is 127. The van der Waals surface area contributed by atoms with Crippen molar-refractivity contribution >= 4 is 22.6 Å². The molecule has 0 aliphatic carbocycles. The first-order valence-corrected chi connectivity index (χ1v) is 7.95. The van der Waals surface area contributed by atoms with E-state index in [-0.39, 0.29) is 11.9 Å². The van der Waals surface area contributed by atoms with E-state index in [0.29, 0.717) is 5.56 Å². The Labute approximate surface area is 133 Å². The maximum atomic E-state index is 14.1. The van der Waals surface area contributed by atoms with E-state index in [2.05, 4.69) is 53.9 Å². The minimum absolute atomic E-state index is 0.0945. The van der Waals surface area contributed by atoms with Crippen LogP contribution in [0.25, 0.3) is 0 Å². The molecule has 3 heteroatoms. The number of hydrogen-bond acceptors (Lipinski definition) is 1. The molecule has 0 bridgehead atoms. The maximum absolute atomic E-state index is 14.1. The zero-order valence-corrected chi connectivity index (χ0v) is 13.9. The van der Waals surface area contributed by atoms with Crippen molar-refractivity contribution in [3.05, 3.63) is 68.5 Å². The van der Waals surface area contributed by atoms with E-state index in [9.17, 15) is 4.39 Å². The van der Waals surface area contributed by atoms with Crippen LogP contribution in [0, 0.1) is 16.3 Å². The van der Waals surface area contributed by atoms with Gasteiger partial charge in [0.1, 0.15) is 5.82 Å². The minimum Gasteiger partial charge on any atom is -0.306 e. The van der Waals surface area contributed by atoms with Crippen LogP contribution in [0.4, 0.5) is 4.39 Å². The summed E-state index contributed by atoms with van der Waals surface area (Å²) in [5.74, 6) is -0.154. The number of nitrogens with one attached hydrogen (secondary N) is 1. The molecule has 1 nitrogen and oxygen atoms in total. The van der Waals surface area contributed by atoms with Crippen LogP contribution >= 0.6 is 22.6 Å². The number of hydrogen-bond donors (Lipinski definition) is 1. The highest BCUT2D eigenvalue weighted by Crippen LogP contribution is 2.29. The molecule has 2 aromatic rings. The molecular weight excluding hydrogens is 364 g/mol. The average molecular weight is 383 g/mol. The lowest BCUT2D eigenvalue weighted by atomic mass is 9.96. The standard InChI is InChI=1S/C17H19FIN/c1-3-11-20-17(13-8-4-5-10-15(13)18)14-9-6-7-12(2)16(14)19/h4-10,17,20H,3,11H2,1-2H3. The number of rotatable bonds is 5. The average Bonchev–Trinajstić information content (AvgIpc) is 2.45. The fraction of sp³-hybridized carbons (Fsp3) is 0.294. The summed E-state index contributed by atoms with van der Waals surface area (Å²) in [5.41, 5.74) is 3.08. The van der Waals surface area contributed by atoms with E-state index in [1.54, 1.807) is 6.07 Å². The Morgan fingerprint density at radius 2 is 1.80 bits per heavy atom. The summed E-state index contributed by atoms with van der Waals surface area (Å²) >= 11 is 2.35. The first-order valence-electron chi connectivity index (χ1n) is 6.88. The van der Waals surface area contributed by atoms with Gasteiger partial charge in [-0.2, -0.15) is 0 Å². The lowest BCUT2D eigenvalue weighted by Gasteiger charge is -2.22. The topological polar surface area (TPSA) is 12.0 Å². The zero-order valence-electron chi connectivity index (χ0n) is 11.8. The molecule has 0 fully saturated rings. The predicted octanol–water partition coefficient (Wildman–Crippen LogP) is 4.83. The number of benzene rings is 2. The maximum Gasteiger partial charge on any atom is 0.128 e. The van der Waals surface area contributed by atoms with Crippen LogP contribution in [0.2, 0.25) is 0 Å². The van der Waals surface area contributed by atoms with Crippen LogP contribution in [0.3, 0.4) is 0 Å². The molecule has 0 aliphatic rings. The number of halogens is 2. The lowest BCUT2D eigenvalue weighted by molar-refractivity contribution is 0.545. The molecule has 0 aliphatic heterocycles. The normalized spacial score (nSPS) is 12.4. The summed E-state index contributed by atoms with van der Waals surface area (Å²) in [7, 11) is 0. The Balaban J connectivity index is 2.47. The second-order valence-electron chi connectivity index (χ2n) is 4.89. The quantitative estimate of drug-likeness (QED) is 0.730. The largest absolute Gasteiger partial charge is 0.306 e. The molecule has 0 amide bonds. The summed E-state index contributed by atoms with van der Waals surface area (Å²) in [6, 6.07) is 13.1. The Morgan fingerprint density at radius 3 is 2.50 bits per heavy atom. The fourth-order valence-corrected chi connectivity index (χ4v) is 2.95. The number of aryl methyl sites for hydroxylation is 1. The van der Waals surface area contributed by atoms with Gasteiger partial charge in [0.2, 0.25) is 0 Å². The third-order valence-corrected chi connectivity index (χ3v) is 4.82. The van der Waals surface area contributed by atoms with E-state index in [0.717, 1.165) is 18.5 Å². The molecular formula is C17H19FIN. The Hall–Kier alpha value is -0.940. The third-order valence-electron chi connectivity index (χ3n) is 3.35. The van der Waals surface area contributed by atoms with Gasteiger partial charge in [0.25, 0.3) is 0 Å². The van der Waals surface area contributed by atoms with Crippen molar-refractivity contribution in [2.75, 3.05) is 6.54 Å². The van der Waals surface area contributed by atoms with Gasteiger partial charge < -0.3 is 5.32 Å². The van der Waals surface area contributed by atoms with Gasteiger partial charge in [-0.3, -0.25) is 0 Å². The molecule has 0 spiro atoms. The molecule has 0 heterocycles. The summed E-state index contributed by atoms with van der Waals surface area (Å²) in [4.78, 5) is 0. The Kier molecular flexibility index (Phi) is 5.54. The minimum atomic E-state index is -0.154. The highest BCUT2D eigenvalue weighted by Gasteiger charge is 2.19. The van der Waals surface area contributed by atoms with Crippen LogP contribution in [-0.2, 0) is 0 Å². The van der Waals surface area contributed by atoms with E-state index in [4.69, 9.17) is 0 Å². The molecule has 2 rings (SSSR count). The van der Waals surface area contributed by atoms with Gasteiger partial charge >= 0.3 is 0 Å². The predicted molar refractivity (Wildman–Crippen MR) is 90.4 cm³/mol. The van der Waals surface area contributed by atoms with E-state index < -0.39 is 0 Å². The van der Waals surface area contributed by atoms with Crippen molar-refractivity contribution < 1.29 is 4.39 Å². The van der Waals surface area contributed by atoms with Crippen molar-refractivity contribution in [1.82, 2.24) is 5.32 Å². The van der Waals surface area contributed by atoms with Crippen molar-refractivity contribution in [3.63, 3.8) is 0 Å². The zero-order chi connectivity index (χ0) is 14.5. The second kappa shape index (κ2) is 7.18. The summed E-state index contributed by atoms with van der Waals surface area (Å²) in [6.07, 6.45) is 1.02. The van der Waals surface area contributed by atoms with Crippen molar-refractivity contribution in [2.24, 2.45) is 0 Å². The molecule has 0 saturated carbocycles. The summed E-state index contributed by atoms with van der Waals surface area (Å²) < 4.78 is 15.3. The second-order valence-corrected chi connectivity index (χ2v) is 5.97. The van der Waals surface area contributed by atoms with Crippen LogP contribution in [0.15, 0.2) is 42.5 Å². The lowest BCUT2D eigenvalue weighted by Crippen LogP contribution is -2.25. The molecule has 0 radical (unpaired) electrons. The molecule has 0 saturated heterocycles. The molecule has 1 atom stereocenters. The molecule has 2 aromatic carbocycles. The Morgan fingerprint density at radius 1 is 1.10 bits per heavy atom. The van der Waals surface area contributed by atoms with Gasteiger partial charge in [0.05, 0.1) is 6.04 Å². The molecule has 106 valence electrons. The fourth-order valence-electron chi connectivity index (χ4n) is 2.28. The van der Waals surface area contributed by atoms with Gasteiger partial charge in [-0.05, 0) is 59.7 Å². The van der Waals surface area contributed by atoms with Crippen LogP contribution in [0.1, 0.15) is 36.1 Å². The summed E-state index contributed by atoms with van der Waals surface area (Å²) in [5, 5.41) is 3.47. The van der Waals surface area contributed by atoms with Gasteiger partial charge in [0, 0.05) is 9.13 Å². The van der Waals surface area contributed by atoms with Crippen molar-refractivity contribution in [2.45, 2.75) is 26.3 Å². The first-order chi connectivity index (χ1) is 9.65. The van der Waals surface area contributed by atoms with Gasteiger partial charge in [-0.1, -0.05) is 43.3 Å². The van der Waals surface area contributed by atoms with Gasteiger partial charge in [-0.15, -0.1) is 0 Å². The smallest absolute Gasteiger partial charge is 0.128 e. The van der Waals surface area contributed by atoms with Crippen LogP contribution < -0.4 is 5.32 Å². The SMILES string of the molecule is CCCNC(c1ccccc1F)c1cccc(C)c1I. The van der Waals surface area contributed by atoms with Gasteiger partial charge in [-0.25, -0.2) is 4.39 Å². The Bertz CT molecular complexity index is 583. The van der Waals surface area contributed by atoms with Crippen molar-refractivity contribution in [1.29, 1.82) is 0 Å². The van der Waals surface area contributed by atoms with E-state index >= 15 is 0 Å². The first kappa shape index (κ1) is 15.4.